The number of aliphatic hydroxyl groups is 1. The van der Waals surface area contributed by atoms with E-state index in [0.717, 1.165) is 5.56 Å². The molecule has 3 rings (SSSR count). The lowest BCUT2D eigenvalue weighted by Crippen LogP contribution is -2.39. The smallest absolute Gasteiger partial charge is 0.332 e. The van der Waals surface area contributed by atoms with Gasteiger partial charge in [-0.25, -0.2) is 4.79 Å². The Morgan fingerprint density at radius 2 is 1.85 bits per heavy atom. The third-order valence-electron chi connectivity index (χ3n) is 4.26. The van der Waals surface area contributed by atoms with Crippen LogP contribution in [0.2, 0.25) is 5.02 Å². The zero-order chi connectivity index (χ0) is 19.0. The number of rotatable bonds is 5. The summed E-state index contributed by atoms with van der Waals surface area (Å²) in [5.74, 6) is 0.415. The molecule has 1 aromatic carbocycles. The number of halogens is 1. The third-order valence-corrected chi connectivity index (χ3v) is 4.52. The van der Waals surface area contributed by atoms with Crippen LogP contribution in [0.5, 0.6) is 0 Å². The molecule has 0 fully saturated rings. The first-order valence-corrected chi connectivity index (χ1v) is 8.49. The van der Waals surface area contributed by atoms with Crippen molar-refractivity contribution in [2.24, 2.45) is 14.1 Å². The highest BCUT2D eigenvalue weighted by molar-refractivity contribution is 6.30. The second kappa shape index (κ2) is 6.97. The molecule has 0 spiro atoms. The second-order valence-electron chi connectivity index (χ2n) is 6.25. The van der Waals surface area contributed by atoms with Crippen LogP contribution in [0.4, 0.5) is 5.95 Å². The largest absolute Gasteiger partial charge is 0.394 e. The van der Waals surface area contributed by atoms with Crippen LogP contribution < -0.4 is 16.6 Å². The zero-order valence-electron chi connectivity index (χ0n) is 14.7. The minimum Gasteiger partial charge on any atom is -0.394 e. The lowest BCUT2D eigenvalue weighted by atomic mass is 10.2. The first kappa shape index (κ1) is 18.2. The Morgan fingerprint density at radius 1 is 1.19 bits per heavy atom. The Labute approximate surface area is 154 Å². The molecule has 2 heterocycles. The van der Waals surface area contributed by atoms with E-state index >= 15 is 0 Å². The molecule has 0 aliphatic carbocycles. The normalized spacial score (nSPS) is 12.5. The molecule has 3 aromatic rings. The Kier molecular flexibility index (Phi) is 4.88. The van der Waals surface area contributed by atoms with E-state index < -0.39 is 11.2 Å². The number of anilines is 1. The summed E-state index contributed by atoms with van der Waals surface area (Å²) in [4.78, 5) is 30.0. The Morgan fingerprint density at radius 3 is 2.46 bits per heavy atom. The number of hydrogen-bond acceptors (Lipinski definition) is 5. The molecule has 1 unspecified atom stereocenters. The maximum atomic E-state index is 12.9. The quantitative estimate of drug-likeness (QED) is 0.689. The number of aromatic nitrogens is 4. The molecule has 0 saturated heterocycles. The standard InChI is InChI=1S/C17H20ClN5O3/c1-10(9-24)19-16-20-14-13(21(16)2)15(25)23(17(26)22(14)3)8-11-4-6-12(18)7-5-11/h4-7,10,24H,8-9H2,1-3H3,(H,19,20). The van der Waals surface area contributed by atoms with Crippen molar-refractivity contribution in [3.8, 4) is 0 Å². The summed E-state index contributed by atoms with van der Waals surface area (Å²) < 4.78 is 4.12. The van der Waals surface area contributed by atoms with E-state index in [1.165, 1.54) is 9.13 Å². The van der Waals surface area contributed by atoms with Crippen LogP contribution in [0.1, 0.15) is 12.5 Å². The van der Waals surface area contributed by atoms with Crippen molar-refractivity contribution in [3.05, 3.63) is 55.7 Å². The van der Waals surface area contributed by atoms with Crippen LogP contribution in [0.15, 0.2) is 33.9 Å². The monoisotopic (exact) mass is 377 g/mol. The summed E-state index contributed by atoms with van der Waals surface area (Å²) in [5.41, 5.74) is 0.536. The molecule has 1 atom stereocenters. The van der Waals surface area contributed by atoms with E-state index in [2.05, 4.69) is 10.3 Å². The van der Waals surface area contributed by atoms with Gasteiger partial charge in [0.2, 0.25) is 5.95 Å². The minimum atomic E-state index is -0.447. The average molecular weight is 378 g/mol. The van der Waals surface area contributed by atoms with Crippen molar-refractivity contribution in [3.63, 3.8) is 0 Å². The summed E-state index contributed by atoms with van der Waals surface area (Å²) >= 11 is 5.89. The van der Waals surface area contributed by atoms with Gasteiger partial charge < -0.3 is 15.0 Å². The summed E-state index contributed by atoms with van der Waals surface area (Å²) in [7, 11) is 3.27. The molecular weight excluding hydrogens is 358 g/mol. The van der Waals surface area contributed by atoms with Gasteiger partial charge in [0, 0.05) is 25.2 Å². The molecule has 2 aromatic heterocycles. The highest BCUT2D eigenvalue weighted by Gasteiger charge is 2.19. The SMILES string of the molecule is CC(CO)Nc1nc2c(c(=O)n(Cc3ccc(Cl)cc3)c(=O)n2C)n1C. The number of nitrogens with one attached hydrogen (secondary N) is 1. The summed E-state index contributed by atoms with van der Waals surface area (Å²) in [6, 6.07) is 6.74. The molecular formula is C17H20ClN5O3. The van der Waals surface area contributed by atoms with E-state index in [-0.39, 0.29) is 19.2 Å². The Balaban J connectivity index is 2.16. The van der Waals surface area contributed by atoms with Gasteiger partial charge in [0.25, 0.3) is 5.56 Å². The average Bonchev–Trinajstić information content (AvgIpc) is 2.95. The van der Waals surface area contributed by atoms with Crippen LogP contribution >= 0.6 is 11.6 Å². The van der Waals surface area contributed by atoms with Crippen LogP contribution in [-0.2, 0) is 20.6 Å². The van der Waals surface area contributed by atoms with Crippen LogP contribution in [-0.4, -0.2) is 36.4 Å². The van der Waals surface area contributed by atoms with Gasteiger partial charge in [-0.1, -0.05) is 23.7 Å². The summed E-state index contributed by atoms with van der Waals surface area (Å²) in [6.45, 7) is 1.85. The number of benzene rings is 1. The predicted octanol–water partition coefficient (Wildman–Crippen LogP) is 0.928. The van der Waals surface area contributed by atoms with E-state index in [1.54, 1.807) is 49.9 Å². The third kappa shape index (κ3) is 3.13. The van der Waals surface area contributed by atoms with Crippen molar-refractivity contribution in [1.29, 1.82) is 0 Å². The number of aryl methyl sites for hydroxylation is 2. The lowest BCUT2D eigenvalue weighted by Gasteiger charge is -2.11. The topological polar surface area (TPSA) is 94.1 Å². The second-order valence-corrected chi connectivity index (χ2v) is 6.69. The minimum absolute atomic E-state index is 0.0804. The molecule has 0 amide bonds. The predicted molar refractivity (Wildman–Crippen MR) is 101 cm³/mol. The van der Waals surface area contributed by atoms with Gasteiger partial charge in [-0.3, -0.25) is 13.9 Å². The summed E-state index contributed by atoms with van der Waals surface area (Å²) in [5, 5.41) is 12.8. The molecule has 0 bridgehead atoms. The van der Waals surface area contributed by atoms with Crippen LogP contribution in [0.25, 0.3) is 11.2 Å². The molecule has 0 saturated carbocycles. The molecule has 2 N–H and O–H groups in total. The molecule has 138 valence electrons. The van der Waals surface area contributed by atoms with E-state index in [4.69, 9.17) is 11.6 Å². The maximum Gasteiger partial charge on any atom is 0.332 e. The van der Waals surface area contributed by atoms with Gasteiger partial charge in [-0.05, 0) is 24.6 Å². The highest BCUT2D eigenvalue weighted by atomic mass is 35.5. The van der Waals surface area contributed by atoms with Crippen molar-refractivity contribution < 1.29 is 5.11 Å². The maximum absolute atomic E-state index is 12.9. The van der Waals surface area contributed by atoms with Crippen LogP contribution in [0, 0.1) is 0 Å². The Bertz CT molecular complexity index is 1070. The van der Waals surface area contributed by atoms with Gasteiger partial charge in [0.05, 0.1) is 13.2 Å². The Hall–Kier alpha value is -2.58. The molecule has 8 nitrogen and oxygen atoms in total. The fraction of sp³-hybridized carbons (Fsp3) is 0.353. The lowest BCUT2D eigenvalue weighted by molar-refractivity contribution is 0.281. The van der Waals surface area contributed by atoms with Crippen molar-refractivity contribution in [1.82, 2.24) is 18.7 Å². The molecule has 0 aliphatic heterocycles. The zero-order valence-corrected chi connectivity index (χ0v) is 15.5. The van der Waals surface area contributed by atoms with Gasteiger partial charge in [-0.2, -0.15) is 4.98 Å². The molecule has 0 radical (unpaired) electrons. The van der Waals surface area contributed by atoms with Gasteiger partial charge in [-0.15, -0.1) is 0 Å². The number of imidazole rings is 1. The first-order valence-electron chi connectivity index (χ1n) is 8.11. The number of aliphatic hydroxyl groups excluding tert-OH is 1. The van der Waals surface area contributed by atoms with Gasteiger partial charge in [0.15, 0.2) is 11.2 Å². The highest BCUT2D eigenvalue weighted by Crippen LogP contribution is 2.15. The van der Waals surface area contributed by atoms with Crippen molar-refractivity contribution in [2.75, 3.05) is 11.9 Å². The fourth-order valence-electron chi connectivity index (χ4n) is 2.75. The van der Waals surface area contributed by atoms with Crippen LogP contribution in [0.3, 0.4) is 0 Å². The number of fused-ring (bicyclic) bond motifs is 1. The van der Waals surface area contributed by atoms with E-state index in [0.29, 0.717) is 22.1 Å². The molecule has 9 heteroatoms. The van der Waals surface area contributed by atoms with Gasteiger partial charge in [0.1, 0.15) is 0 Å². The summed E-state index contributed by atoms with van der Waals surface area (Å²) in [6.07, 6.45) is 0. The van der Waals surface area contributed by atoms with Crippen molar-refractivity contribution >= 4 is 28.7 Å². The van der Waals surface area contributed by atoms with Crippen molar-refractivity contribution in [2.45, 2.75) is 19.5 Å². The first-order chi connectivity index (χ1) is 12.3. The molecule has 0 aliphatic rings. The fourth-order valence-corrected chi connectivity index (χ4v) is 2.88. The molecule has 26 heavy (non-hydrogen) atoms. The van der Waals surface area contributed by atoms with Gasteiger partial charge >= 0.3 is 5.69 Å². The number of hydrogen-bond donors (Lipinski definition) is 2. The van der Waals surface area contributed by atoms with E-state index in [9.17, 15) is 14.7 Å². The number of nitrogens with zero attached hydrogens (tertiary/aromatic N) is 4. The van der Waals surface area contributed by atoms with E-state index in [1.807, 2.05) is 0 Å².